The van der Waals surface area contributed by atoms with E-state index >= 15 is 0 Å². The van der Waals surface area contributed by atoms with Crippen LogP contribution in [0, 0.1) is 6.92 Å². The maximum Gasteiger partial charge on any atom is 0.246 e. The number of carbonyl (C=O) groups excluding carboxylic acids is 1. The molecule has 1 atom stereocenters. The first-order valence-corrected chi connectivity index (χ1v) is 10.3. The van der Waals surface area contributed by atoms with Crippen LogP contribution in [0.25, 0.3) is 0 Å². The van der Waals surface area contributed by atoms with Crippen molar-refractivity contribution in [2.45, 2.75) is 37.2 Å². The average Bonchev–Trinajstić information content (AvgIpc) is 3.19. The molecule has 3 rings (SSSR count). The number of sulfonamides is 1. The number of ether oxygens (including phenoxy) is 1. The quantitative estimate of drug-likeness (QED) is 0.677. The SMILES string of the molecule is COCC(=O)NC1Cc2ccc(S(=O)(=O)NCCn3ccc(C)n3)cc2C1. The fourth-order valence-corrected chi connectivity index (χ4v) is 4.30. The molecule has 0 saturated heterocycles. The number of hydrogen-bond acceptors (Lipinski definition) is 5. The fraction of sp³-hybridized carbons (Fsp3) is 0.444. The average molecular weight is 392 g/mol. The van der Waals surface area contributed by atoms with E-state index in [0.717, 1.165) is 16.8 Å². The molecule has 27 heavy (non-hydrogen) atoms. The van der Waals surface area contributed by atoms with Crippen molar-refractivity contribution in [1.29, 1.82) is 0 Å². The highest BCUT2D eigenvalue weighted by molar-refractivity contribution is 7.89. The van der Waals surface area contributed by atoms with Crippen molar-refractivity contribution < 1.29 is 17.9 Å². The molecule has 0 aliphatic heterocycles. The number of benzene rings is 1. The van der Waals surface area contributed by atoms with Gasteiger partial charge < -0.3 is 10.1 Å². The van der Waals surface area contributed by atoms with Crippen LogP contribution in [0.15, 0.2) is 35.4 Å². The number of methoxy groups -OCH3 is 1. The van der Waals surface area contributed by atoms with E-state index in [1.165, 1.54) is 7.11 Å². The molecule has 146 valence electrons. The molecule has 1 aromatic heterocycles. The molecule has 9 heteroatoms. The monoisotopic (exact) mass is 392 g/mol. The van der Waals surface area contributed by atoms with Crippen LogP contribution in [0.3, 0.4) is 0 Å². The number of carbonyl (C=O) groups is 1. The molecule has 0 saturated carbocycles. The number of rotatable bonds is 8. The summed E-state index contributed by atoms with van der Waals surface area (Å²) in [5, 5.41) is 7.13. The standard InChI is InChI=1S/C18H24N4O4S/c1-13-5-7-22(21-13)8-6-19-27(24,25)17-4-3-14-9-16(10-15(14)11-17)20-18(23)12-26-2/h3-5,7,11,16,19H,6,8-10,12H2,1-2H3,(H,20,23). The molecule has 1 aliphatic carbocycles. The lowest BCUT2D eigenvalue weighted by Gasteiger charge is -2.11. The molecule has 1 aromatic carbocycles. The molecule has 0 radical (unpaired) electrons. The maximum atomic E-state index is 12.5. The van der Waals surface area contributed by atoms with Crippen LogP contribution in [0.5, 0.6) is 0 Å². The normalized spacial score (nSPS) is 16.3. The third kappa shape index (κ3) is 4.94. The minimum absolute atomic E-state index is 0.0200. The van der Waals surface area contributed by atoms with Crippen molar-refractivity contribution in [1.82, 2.24) is 19.8 Å². The van der Waals surface area contributed by atoms with Crippen LogP contribution < -0.4 is 10.0 Å². The summed E-state index contributed by atoms with van der Waals surface area (Å²) < 4.78 is 34.2. The van der Waals surface area contributed by atoms with E-state index in [1.54, 1.807) is 16.8 Å². The second kappa shape index (κ2) is 8.20. The first-order chi connectivity index (χ1) is 12.9. The summed E-state index contributed by atoms with van der Waals surface area (Å²) >= 11 is 0. The Kier molecular flexibility index (Phi) is 5.93. The van der Waals surface area contributed by atoms with Gasteiger partial charge in [0.2, 0.25) is 15.9 Å². The second-order valence-electron chi connectivity index (χ2n) is 6.65. The largest absolute Gasteiger partial charge is 0.375 e. The van der Waals surface area contributed by atoms with E-state index in [9.17, 15) is 13.2 Å². The number of nitrogens with one attached hydrogen (secondary N) is 2. The molecule has 1 aliphatic rings. The van der Waals surface area contributed by atoms with Crippen molar-refractivity contribution in [3.63, 3.8) is 0 Å². The van der Waals surface area contributed by atoms with Gasteiger partial charge in [-0.15, -0.1) is 0 Å². The number of amides is 1. The smallest absolute Gasteiger partial charge is 0.246 e. The van der Waals surface area contributed by atoms with Crippen molar-refractivity contribution in [3.05, 3.63) is 47.3 Å². The van der Waals surface area contributed by atoms with E-state index < -0.39 is 10.0 Å². The summed E-state index contributed by atoms with van der Waals surface area (Å²) in [6.07, 6.45) is 3.12. The number of aromatic nitrogens is 2. The number of nitrogens with zero attached hydrogens (tertiary/aromatic N) is 2. The van der Waals surface area contributed by atoms with Gasteiger partial charge in [-0.05, 0) is 49.1 Å². The van der Waals surface area contributed by atoms with E-state index in [2.05, 4.69) is 15.1 Å². The van der Waals surface area contributed by atoms with Crippen LogP contribution >= 0.6 is 0 Å². The minimum Gasteiger partial charge on any atom is -0.375 e. The molecule has 0 bridgehead atoms. The Morgan fingerprint density at radius 1 is 1.30 bits per heavy atom. The third-order valence-corrected chi connectivity index (χ3v) is 5.93. The summed E-state index contributed by atoms with van der Waals surface area (Å²) in [5.41, 5.74) is 2.90. The zero-order chi connectivity index (χ0) is 19.4. The Balaban J connectivity index is 1.60. The van der Waals surface area contributed by atoms with E-state index in [-0.39, 0.29) is 30.0 Å². The Morgan fingerprint density at radius 2 is 2.07 bits per heavy atom. The summed E-state index contributed by atoms with van der Waals surface area (Å²) in [7, 11) is -2.12. The van der Waals surface area contributed by atoms with Crippen molar-refractivity contribution in [3.8, 4) is 0 Å². The van der Waals surface area contributed by atoms with Crippen molar-refractivity contribution in [2.75, 3.05) is 20.3 Å². The lowest BCUT2D eigenvalue weighted by atomic mass is 10.1. The fourth-order valence-electron chi connectivity index (χ4n) is 3.23. The molecule has 0 fully saturated rings. The first kappa shape index (κ1) is 19.5. The van der Waals surface area contributed by atoms with E-state index in [0.29, 0.717) is 19.4 Å². The van der Waals surface area contributed by atoms with Gasteiger partial charge in [0.25, 0.3) is 0 Å². The zero-order valence-electron chi connectivity index (χ0n) is 15.4. The van der Waals surface area contributed by atoms with E-state index in [4.69, 9.17) is 4.74 Å². The lowest BCUT2D eigenvalue weighted by molar-refractivity contribution is -0.125. The molecule has 0 spiro atoms. The van der Waals surface area contributed by atoms with Gasteiger partial charge >= 0.3 is 0 Å². The molecule has 1 heterocycles. The molecule has 1 amide bonds. The second-order valence-corrected chi connectivity index (χ2v) is 8.42. The number of aryl methyl sites for hydroxylation is 1. The summed E-state index contributed by atoms with van der Waals surface area (Å²) in [4.78, 5) is 11.9. The third-order valence-electron chi connectivity index (χ3n) is 4.47. The molecule has 8 nitrogen and oxygen atoms in total. The Labute approximate surface area is 159 Å². The van der Waals surface area contributed by atoms with Crippen molar-refractivity contribution in [2.24, 2.45) is 0 Å². The van der Waals surface area contributed by atoms with Crippen LogP contribution in [0.4, 0.5) is 0 Å². The highest BCUT2D eigenvalue weighted by Gasteiger charge is 2.25. The molecule has 2 N–H and O–H groups in total. The van der Waals surface area contributed by atoms with Crippen LogP contribution in [-0.2, 0) is 38.9 Å². The maximum absolute atomic E-state index is 12.5. The summed E-state index contributed by atoms with van der Waals surface area (Å²) in [6.45, 7) is 2.63. The lowest BCUT2D eigenvalue weighted by Crippen LogP contribution is -2.37. The Morgan fingerprint density at radius 3 is 2.78 bits per heavy atom. The van der Waals surface area contributed by atoms with Gasteiger partial charge in [0.15, 0.2) is 0 Å². The van der Waals surface area contributed by atoms with E-state index in [1.807, 2.05) is 25.3 Å². The van der Waals surface area contributed by atoms with Gasteiger partial charge in [0.1, 0.15) is 6.61 Å². The first-order valence-electron chi connectivity index (χ1n) is 8.77. The van der Waals surface area contributed by atoms with Crippen molar-refractivity contribution >= 4 is 15.9 Å². The number of fused-ring (bicyclic) bond motifs is 1. The summed E-state index contributed by atoms with van der Waals surface area (Å²) in [6, 6.07) is 6.97. The van der Waals surface area contributed by atoms with Gasteiger partial charge in [0.05, 0.1) is 17.1 Å². The Hall–Kier alpha value is -2.23. The highest BCUT2D eigenvalue weighted by Crippen LogP contribution is 2.25. The summed E-state index contributed by atoms with van der Waals surface area (Å²) in [5.74, 6) is -0.168. The van der Waals surface area contributed by atoms with Crippen LogP contribution in [-0.4, -0.2) is 50.4 Å². The molecular weight excluding hydrogens is 368 g/mol. The van der Waals surface area contributed by atoms with Gasteiger partial charge in [-0.3, -0.25) is 9.48 Å². The molecule has 2 aromatic rings. The van der Waals surface area contributed by atoms with Crippen LogP contribution in [0.1, 0.15) is 16.8 Å². The van der Waals surface area contributed by atoms with Crippen LogP contribution in [0.2, 0.25) is 0 Å². The minimum atomic E-state index is -3.59. The predicted octanol–water partition coefficient (Wildman–Crippen LogP) is 0.400. The zero-order valence-corrected chi connectivity index (χ0v) is 16.3. The highest BCUT2D eigenvalue weighted by atomic mass is 32.2. The Bertz CT molecular complexity index is 923. The van der Waals surface area contributed by atoms with Gasteiger partial charge in [-0.2, -0.15) is 5.10 Å². The van der Waals surface area contributed by atoms with Gasteiger partial charge in [-0.1, -0.05) is 6.07 Å². The molecule has 1 unspecified atom stereocenters. The molecular formula is C18H24N4O4S. The number of hydrogen-bond donors (Lipinski definition) is 2. The van der Waals surface area contributed by atoms with Gasteiger partial charge in [0, 0.05) is 25.9 Å². The predicted molar refractivity (Wildman–Crippen MR) is 99.8 cm³/mol. The van der Waals surface area contributed by atoms with Gasteiger partial charge in [-0.25, -0.2) is 13.1 Å². The topological polar surface area (TPSA) is 102 Å².